The lowest BCUT2D eigenvalue weighted by molar-refractivity contribution is 0.502. The highest BCUT2D eigenvalue weighted by molar-refractivity contribution is 6.33. The van der Waals surface area contributed by atoms with Crippen LogP contribution in [0.2, 0.25) is 5.02 Å². The molecule has 31 heavy (non-hydrogen) atoms. The molecule has 0 aromatic carbocycles. The third-order valence-corrected chi connectivity index (χ3v) is 5.87. The highest BCUT2D eigenvalue weighted by Crippen LogP contribution is 2.37. The van der Waals surface area contributed by atoms with Crippen molar-refractivity contribution in [1.29, 1.82) is 0 Å². The first-order valence-electron chi connectivity index (χ1n) is 9.87. The van der Waals surface area contributed by atoms with E-state index >= 15 is 0 Å². The number of rotatable bonds is 3. The van der Waals surface area contributed by atoms with E-state index in [4.69, 9.17) is 21.1 Å². The quantitative estimate of drug-likeness (QED) is 0.464. The van der Waals surface area contributed by atoms with E-state index in [9.17, 15) is 0 Å². The minimum atomic E-state index is -0.288. The summed E-state index contributed by atoms with van der Waals surface area (Å²) in [6, 6.07) is 9.65. The van der Waals surface area contributed by atoms with Crippen molar-refractivity contribution in [1.82, 2.24) is 34.8 Å². The topological polar surface area (TPSA) is 101 Å². The van der Waals surface area contributed by atoms with Gasteiger partial charge in [0, 0.05) is 31.1 Å². The number of aromatic amines is 1. The van der Waals surface area contributed by atoms with Gasteiger partial charge in [0.15, 0.2) is 0 Å². The number of hydrogen-bond donors (Lipinski definition) is 1. The van der Waals surface area contributed by atoms with Gasteiger partial charge in [0.05, 0.1) is 28.3 Å². The molecule has 0 spiro atoms. The van der Waals surface area contributed by atoms with Crippen molar-refractivity contribution in [3.63, 3.8) is 0 Å². The first kappa shape index (κ1) is 18.1. The number of nitrogens with zero attached hydrogens (tertiary/aromatic N) is 7. The van der Waals surface area contributed by atoms with Gasteiger partial charge in [-0.25, -0.2) is 9.50 Å². The van der Waals surface area contributed by atoms with E-state index in [-0.39, 0.29) is 6.04 Å². The molecule has 0 radical (unpaired) electrons. The minimum Gasteiger partial charge on any atom is -0.402 e. The Morgan fingerprint density at radius 1 is 1.19 bits per heavy atom. The van der Waals surface area contributed by atoms with Crippen molar-refractivity contribution >= 4 is 23.1 Å². The third-order valence-electron chi connectivity index (χ3n) is 5.55. The maximum absolute atomic E-state index is 6.38. The van der Waals surface area contributed by atoms with Crippen LogP contribution < -0.4 is 4.90 Å². The lowest BCUT2D eigenvalue weighted by atomic mass is 10.0. The van der Waals surface area contributed by atoms with Gasteiger partial charge in [-0.05, 0) is 36.8 Å². The van der Waals surface area contributed by atoms with Gasteiger partial charge in [-0.3, -0.25) is 4.98 Å². The van der Waals surface area contributed by atoms with Gasteiger partial charge in [-0.2, -0.15) is 5.10 Å². The molecule has 1 N–H and O–H groups in total. The van der Waals surface area contributed by atoms with Crippen molar-refractivity contribution in [2.24, 2.45) is 0 Å². The Morgan fingerprint density at radius 2 is 2.13 bits per heavy atom. The Hall–Kier alpha value is -3.72. The zero-order valence-corrected chi connectivity index (χ0v) is 17.3. The van der Waals surface area contributed by atoms with Crippen molar-refractivity contribution in [2.45, 2.75) is 19.4 Å². The number of aryl methyl sites for hydroxylation is 1. The van der Waals surface area contributed by atoms with E-state index in [1.807, 2.05) is 48.4 Å². The second-order valence-corrected chi connectivity index (χ2v) is 7.83. The van der Waals surface area contributed by atoms with Crippen LogP contribution in [0, 0.1) is 6.92 Å². The summed E-state index contributed by atoms with van der Waals surface area (Å²) in [7, 11) is 0. The molecule has 0 unspecified atom stereocenters. The van der Waals surface area contributed by atoms with E-state index in [0.717, 1.165) is 34.6 Å². The minimum absolute atomic E-state index is 0.288. The molecule has 1 atom stereocenters. The molecule has 0 amide bonds. The SMILES string of the molecule is Cc1cccnc1-c1nnc(N2CCc3[nH]cnc3[C@@H]2c2cc3c(Cl)cccn3n2)o1. The zero-order valence-electron chi connectivity index (χ0n) is 16.5. The average Bonchev–Trinajstić information content (AvgIpc) is 3.52. The van der Waals surface area contributed by atoms with Crippen LogP contribution in [0.5, 0.6) is 0 Å². The maximum Gasteiger partial charge on any atom is 0.319 e. The average molecular weight is 433 g/mol. The fraction of sp³-hybridized carbons (Fsp3) is 0.190. The number of anilines is 1. The van der Waals surface area contributed by atoms with Gasteiger partial charge in [0.2, 0.25) is 0 Å². The molecular weight excluding hydrogens is 416 g/mol. The standard InChI is InChI=1S/C21H17ClN8O/c1-12-4-2-7-23-17(12)20-26-27-21(31-20)29-9-6-14-18(25-11-24-14)19(29)15-10-16-13(22)5-3-8-30(16)28-15/h2-5,7-8,10-11,19H,6,9H2,1H3,(H,24,25)/t19-/m0/s1. The van der Waals surface area contributed by atoms with Gasteiger partial charge < -0.3 is 14.3 Å². The lowest BCUT2D eigenvalue weighted by Gasteiger charge is -2.32. The predicted molar refractivity (Wildman–Crippen MR) is 114 cm³/mol. The number of nitrogens with one attached hydrogen (secondary N) is 1. The number of fused-ring (bicyclic) bond motifs is 2. The van der Waals surface area contributed by atoms with Crippen molar-refractivity contribution in [3.05, 3.63) is 76.7 Å². The summed E-state index contributed by atoms with van der Waals surface area (Å²) in [6.07, 6.45) is 6.07. The van der Waals surface area contributed by atoms with Crippen LogP contribution in [-0.2, 0) is 6.42 Å². The molecule has 0 fully saturated rings. The zero-order chi connectivity index (χ0) is 20.9. The molecule has 154 valence electrons. The van der Waals surface area contributed by atoms with Gasteiger partial charge in [0.1, 0.15) is 11.7 Å². The Kier molecular flexibility index (Phi) is 4.03. The largest absolute Gasteiger partial charge is 0.402 e. The summed E-state index contributed by atoms with van der Waals surface area (Å²) in [4.78, 5) is 14.2. The van der Waals surface area contributed by atoms with Crippen molar-refractivity contribution in [2.75, 3.05) is 11.4 Å². The number of H-pyrrole nitrogens is 1. The molecule has 0 saturated heterocycles. The second-order valence-electron chi connectivity index (χ2n) is 7.43. The molecule has 5 aromatic heterocycles. The molecule has 10 heteroatoms. The number of halogens is 1. The fourth-order valence-corrected chi connectivity index (χ4v) is 4.27. The number of imidazole rings is 1. The predicted octanol–water partition coefficient (Wildman–Crippen LogP) is 3.62. The van der Waals surface area contributed by atoms with Gasteiger partial charge in [-0.15, -0.1) is 5.10 Å². The molecule has 0 bridgehead atoms. The molecule has 1 aliphatic heterocycles. The van der Waals surface area contributed by atoms with Crippen LogP contribution in [0.4, 0.5) is 6.01 Å². The Labute approximate surface area is 181 Å². The Morgan fingerprint density at radius 3 is 3.00 bits per heavy atom. The van der Waals surface area contributed by atoms with E-state index in [1.165, 1.54) is 0 Å². The highest BCUT2D eigenvalue weighted by Gasteiger charge is 2.36. The van der Waals surface area contributed by atoms with E-state index in [2.05, 4.69) is 25.1 Å². The fourth-order valence-electron chi connectivity index (χ4n) is 4.05. The molecule has 6 heterocycles. The van der Waals surface area contributed by atoms with Gasteiger partial charge in [-0.1, -0.05) is 22.8 Å². The molecular formula is C21H17ClN8O. The smallest absolute Gasteiger partial charge is 0.319 e. The van der Waals surface area contributed by atoms with Crippen LogP contribution in [0.1, 0.15) is 28.7 Å². The molecule has 0 saturated carbocycles. The van der Waals surface area contributed by atoms with E-state index < -0.39 is 0 Å². The number of pyridine rings is 2. The van der Waals surface area contributed by atoms with Crippen molar-refractivity contribution in [3.8, 4) is 11.6 Å². The molecule has 0 aliphatic carbocycles. The Balaban J connectivity index is 1.46. The Bertz CT molecular complexity index is 1400. The summed E-state index contributed by atoms with van der Waals surface area (Å²) >= 11 is 6.38. The van der Waals surface area contributed by atoms with Crippen LogP contribution in [-0.4, -0.2) is 41.3 Å². The normalized spacial score (nSPS) is 16.1. The van der Waals surface area contributed by atoms with E-state index in [0.29, 0.717) is 29.2 Å². The summed E-state index contributed by atoms with van der Waals surface area (Å²) in [5, 5.41) is 14.0. The maximum atomic E-state index is 6.38. The highest BCUT2D eigenvalue weighted by atomic mass is 35.5. The molecule has 9 nitrogen and oxygen atoms in total. The van der Waals surface area contributed by atoms with Crippen molar-refractivity contribution < 1.29 is 4.42 Å². The van der Waals surface area contributed by atoms with Gasteiger partial charge >= 0.3 is 6.01 Å². The number of hydrogen-bond acceptors (Lipinski definition) is 7. The lowest BCUT2D eigenvalue weighted by Crippen LogP contribution is -2.36. The van der Waals surface area contributed by atoms with Crippen LogP contribution >= 0.6 is 11.6 Å². The summed E-state index contributed by atoms with van der Waals surface area (Å²) in [5.41, 5.74) is 5.24. The monoisotopic (exact) mass is 432 g/mol. The number of aromatic nitrogens is 7. The first-order valence-corrected chi connectivity index (χ1v) is 10.2. The van der Waals surface area contributed by atoms with E-state index in [1.54, 1.807) is 17.0 Å². The van der Waals surface area contributed by atoms with Crippen LogP contribution in [0.25, 0.3) is 17.1 Å². The van der Waals surface area contributed by atoms with Crippen LogP contribution in [0.15, 0.2) is 53.5 Å². The van der Waals surface area contributed by atoms with Crippen LogP contribution in [0.3, 0.4) is 0 Å². The molecule has 5 aromatic rings. The third kappa shape index (κ3) is 2.89. The molecule has 1 aliphatic rings. The summed E-state index contributed by atoms with van der Waals surface area (Å²) in [5.74, 6) is 0.387. The van der Waals surface area contributed by atoms with Gasteiger partial charge in [0.25, 0.3) is 5.89 Å². The first-order chi connectivity index (χ1) is 15.2. The second kappa shape index (κ2) is 6.92. The molecule has 6 rings (SSSR count). The summed E-state index contributed by atoms with van der Waals surface area (Å²) < 4.78 is 7.84. The summed E-state index contributed by atoms with van der Waals surface area (Å²) in [6.45, 7) is 2.64.